The Bertz CT molecular complexity index is 677. The highest BCUT2D eigenvalue weighted by atomic mass is 127. The lowest BCUT2D eigenvalue weighted by Gasteiger charge is -2.16. The van der Waals surface area contributed by atoms with Crippen LogP contribution in [0, 0.1) is 7.14 Å². The van der Waals surface area contributed by atoms with Crippen molar-refractivity contribution >= 4 is 45.2 Å². The molecule has 0 fully saturated rings. The summed E-state index contributed by atoms with van der Waals surface area (Å²) in [5.41, 5.74) is 2.02. The predicted octanol–water partition coefficient (Wildman–Crippen LogP) is 4.38. The highest BCUT2D eigenvalue weighted by Crippen LogP contribution is 2.38. The Morgan fingerprint density at radius 2 is 0.889 bits per heavy atom. The van der Waals surface area contributed by atoms with Crippen LogP contribution in [0.3, 0.4) is 0 Å². The second-order valence-electron chi connectivity index (χ2n) is 5.82. The summed E-state index contributed by atoms with van der Waals surface area (Å²) in [4.78, 5) is 0. The van der Waals surface area contributed by atoms with Gasteiger partial charge in [0, 0.05) is 18.3 Å². The van der Waals surface area contributed by atoms with Crippen LogP contribution >= 0.6 is 45.2 Å². The number of hydrogen-bond acceptors (Lipinski definition) is 5. The Balaban J connectivity index is 1.86. The molecule has 0 bridgehead atoms. The Labute approximate surface area is 186 Å². The molecule has 0 aromatic heterocycles. The van der Waals surface area contributed by atoms with E-state index in [1.807, 2.05) is 12.1 Å². The molecule has 0 atom stereocenters. The standard InChI is InChI=1S/C20H22I2O5/c21-15-1-3-17-18-4-2-16(22)14-20(18)27-12-10-25-8-6-23-5-7-24-9-11-26-19(17)13-15/h1-4,13-14H,5-12H2. The van der Waals surface area contributed by atoms with Crippen molar-refractivity contribution < 1.29 is 23.7 Å². The summed E-state index contributed by atoms with van der Waals surface area (Å²) in [6.07, 6.45) is 0. The van der Waals surface area contributed by atoms with E-state index in [9.17, 15) is 0 Å². The first-order chi connectivity index (χ1) is 13.2. The molecule has 0 saturated heterocycles. The molecule has 0 N–H and O–H groups in total. The van der Waals surface area contributed by atoms with Gasteiger partial charge in [-0.2, -0.15) is 0 Å². The molecular formula is C20H22I2O5. The highest BCUT2D eigenvalue weighted by Gasteiger charge is 2.13. The van der Waals surface area contributed by atoms with Crippen molar-refractivity contribution in [3.63, 3.8) is 0 Å². The van der Waals surface area contributed by atoms with Crippen LogP contribution in [0.4, 0.5) is 0 Å². The molecule has 0 amide bonds. The fraction of sp³-hybridized carbons (Fsp3) is 0.400. The zero-order valence-corrected chi connectivity index (χ0v) is 19.2. The van der Waals surface area contributed by atoms with Crippen molar-refractivity contribution in [2.24, 2.45) is 0 Å². The third-order valence-electron chi connectivity index (χ3n) is 3.89. The van der Waals surface area contributed by atoms with Crippen LogP contribution in [0.1, 0.15) is 0 Å². The fourth-order valence-electron chi connectivity index (χ4n) is 2.64. The first-order valence-corrected chi connectivity index (χ1v) is 11.0. The van der Waals surface area contributed by atoms with Crippen molar-refractivity contribution in [2.75, 3.05) is 52.9 Å². The molecule has 1 aliphatic rings. The van der Waals surface area contributed by atoms with Crippen molar-refractivity contribution in [2.45, 2.75) is 0 Å². The first-order valence-electron chi connectivity index (χ1n) is 8.82. The summed E-state index contributed by atoms with van der Waals surface area (Å²) in [5.74, 6) is 1.65. The molecule has 1 aliphatic heterocycles. The molecule has 1 heterocycles. The van der Waals surface area contributed by atoms with E-state index in [0.29, 0.717) is 52.9 Å². The van der Waals surface area contributed by atoms with Crippen LogP contribution in [-0.2, 0) is 14.2 Å². The van der Waals surface area contributed by atoms with Gasteiger partial charge in [-0.15, -0.1) is 0 Å². The Hall–Kier alpha value is -0.620. The molecule has 0 saturated carbocycles. The number of ether oxygens (including phenoxy) is 5. The number of fused-ring (bicyclic) bond motifs is 3. The molecule has 2 aromatic carbocycles. The van der Waals surface area contributed by atoms with E-state index in [2.05, 4.69) is 69.4 Å². The van der Waals surface area contributed by atoms with Gasteiger partial charge in [-0.1, -0.05) is 0 Å². The lowest BCUT2D eigenvalue weighted by molar-refractivity contribution is 0.00519. The van der Waals surface area contributed by atoms with E-state index in [1.165, 1.54) is 0 Å². The Kier molecular flexibility index (Phi) is 8.91. The van der Waals surface area contributed by atoms with Gasteiger partial charge in [0.05, 0.1) is 39.6 Å². The van der Waals surface area contributed by atoms with Crippen LogP contribution in [0.25, 0.3) is 11.1 Å². The van der Waals surface area contributed by atoms with Gasteiger partial charge >= 0.3 is 0 Å². The second kappa shape index (κ2) is 11.4. The molecule has 27 heavy (non-hydrogen) atoms. The highest BCUT2D eigenvalue weighted by molar-refractivity contribution is 14.1. The van der Waals surface area contributed by atoms with Gasteiger partial charge in [0.25, 0.3) is 0 Å². The normalized spacial score (nSPS) is 17.0. The van der Waals surface area contributed by atoms with Crippen LogP contribution in [0.5, 0.6) is 11.5 Å². The quantitative estimate of drug-likeness (QED) is 0.423. The molecule has 0 radical (unpaired) electrons. The van der Waals surface area contributed by atoms with Crippen molar-refractivity contribution in [1.82, 2.24) is 0 Å². The topological polar surface area (TPSA) is 46.2 Å². The molecule has 0 aliphatic carbocycles. The summed E-state index contributed by atoms with van der Waals surface area (Å²) < 4.78 is 30.9. The monoisotopic (exact) mass is 596 g/mol. The molecule has 5 nitrogen and oxygen atoms in total. The zero-order valence-electron chi connectivity index (χ0n) is 14.9. The number of rotatable bonds is 0. The summed E-state index contributed by atoms with van der Waals surface area (Å²) in [7, 11) is 0. The van der Waals surface area contributed by atoms with E-state index in [-0.39, 0.29) is 0 Å². The second-order valence-corrected chi connectivity index (χ2v) is 8.31. The third kappa shape index (κ3) is 6.74. The van der Waals surface area contributed by atoms with Gasteiger partial charge in [0.1, 0.15) is 24.7 Å². The van der Waals surface area contributed by atoms with Gasteiger partial charge in [0.2, 0.25) is 0 Å². The summed E-state index contributed by atoms with van der Waals surface area (Å²) in [5, 5.41) is 0. The number of halogens is 2. The fourth-order valence-corrected chi connectivity index (χ4v) is 3.56. The van der Waals surface area contributed by atoms with Crippen molar-refractivity contribution in [3.05, 3.63) is 43.5 Å². The van der Waals surface area contributed by atoms with Gasteiger partial charge < -0.3 is 23.7 Å². The van der Waals surface area contributed by atoms with Gasteiger partial charge in [-0.25, -0.2) is 0 Å². The zero-order chi connectivity index (χ0) is 18.9. The lowest BCUT2D eigenvalue weighted by Crippen LogP contribution is -2.14. The van der Waals surface area contributed by atoms with E-state index in [0.717, 1.165) is 29.8 Å². The van der Waals surface area contributed by atoms with Crippen molar-refractivity contribution in [1.29, 1.82) is 0 Å². The SMILES string of the molecule is Ic1ccc2c(c1)OCCOCCOCCOCCOc1cc(I)ccc1-2. The van der Waals surface area contributed by atoms with Crippen LogP contribution < -0.4 is 9.47 Å². The van der Waals surface area contributed by atoms with Gasteiger partial charge in [-0.3, -0.25) is 0 Å². The molecule has 7 heteroatoms. The molecular weight excluding hydrogens is 574 g/mol. The van der Waals surface area contributed by atoms with Crippen LogP contribution in [-0.4, -0.2) is 52.9 Å². The minimum Gasteiger partial charge on any atom is -0.490 e. The molecule has 2 aromatic rings. The minimum atomic E-state index is 0.483. The van der Waals surface area contributed by atoms with Crippen LogP contribution in [0.15, 0.2) is 36.4 Å². The maximum Gasteiger partial charge on any atom is 0.128 e. The molecule has 146 valence electrons. The molecule has 0 spiro atoms. The summed E-state index contributed by atoms with van der Waals surface area (Å²) in [6.45, 7) is 4.20. The maximum absolute atomic E-state index is 6.03. The van der Waals surface area contributed by atoms with E-state index in [4.69, 9.17) is 23.7 Å². The molecule has 0 unspecified atom stereocenters. The van der Waals surface area contributed by atoms with Gasteiger partial charge in [0.15, 0.2) is 0 Å². The number of benzene rings is 2. The van der Waals surface area contributed by atoms with E-state index >= 15 is 0 Å². The Morgan fingerprint density at radius 1 is 0.519 bits per heavy atom. The van der Waals surface area contributed by atoms with Crippen LogP contribution in [0.2, 0.25) is 0 Å². The summed E-state index contributed by atoms with van der Waals surface area (Å²) in [6, 6.07) is 12.4. The Morgan fingerprint density at radius 3 is 1.30 bits per heavy atom. The van der Waals surface area contributed by atoms with Crippen molar-refractivity contribution in [3.8, 4) is 22.6 Å². The average molecular weight is 596 g/mol. The predicted molar refractivity (Wildman–Crippen MR) is 121 cm³/mol. The maximum atomic E-state index is 6.03. The minimum absolute atomic E-state index is 0.483. The molecule has 3 rings (SSSR count). The average Bonchev–Trinajstić information content (AvgIpc) is 2.66. The van der Waals surface area contributed by atoms with E-state index < -0.39 is 0 Å². The van der Waals surface area contributed by atoms with E-state index in [1.54, 1.807) is 0 Å². The largest absolute Gasteiger partial charge is 0.490 e. The number of hydrogen-bond donors (Lipinski definition) is 0. The smallest absolute Gasteiger partial charge is 0.128 e. The summed E-state index contributed by atoms with van der Waals surface area (Å²) >= 11 is 4.59. The van der Waals surface area contributed by atoms with Gasteiger partial charge in [-0.05, 0) is 81.6 Å². The first kappa shape index (κ1) is 21.1. The third-order valence-corrected chi connectivity index (χ3v) is 5.23. The lowest BCUT2D eigenvalue weighted by atomic mass is 10.0.